The van der Waals surface area contributed by atoms with Gasteiger partial charge in [0.05, 0.1) is 26.7 Å². The van der Waals surface area contributed by atoms with Crippen LogP contribution in [0.2, 0.25) is 0 Å². The highest BCUT2D eigenvalue weighted by molar-refractivity contribution is 5.80. The minimum absolute atomic E-state index is 0.0422. The van der Waals surface area contributed by atoms with E-state index >= 15 is 0 Å². The molecule has 0 aliphatic heterocycles. The number of phenolic OH excluding ortho intramolecular Hbond substituents is 1. The van der Waals surface area contributed by atoms with Crippen molar-refractivity contribution in [2.75, 3.05) is 21.1 Å². The minimum atomic E-state index is 0.0422. The average molecular weight is 180 g/mol. The summed E-state index contributed by atoms with van der Waals surface area (Å²) in [5, 5.41) is 9.41. The fourth-order valence-electron chi connectivity index (χ4n) is 1.05. The van der Waals surface area contributed by atoms with Crippen LogP contribution in [-0.2, 0) is 0 Å². The molecule has 1 aromatic rings. The first-order valence-electron chi connectivity index (χ1n) is 4.05. The first-order chi connectivity index (χ1) is 5.95. The normalized spacial score (nSPS) is 11.3. The van der Waals surface area contributed by atoms with Crippen LogP contribution >= 0.6 is 0 Å². The summed E-state index contributed by atoms with van der Waals surface area (Å²) in [7, 11) is 5.99. The van der Waals surface area contributed by atoms with Crippen molar-refractivity contribution >= 4 is 12.0 Å². The van der Waals surface area contributed by atoms with E-state index in [1.807, 2.05) is 27.2 Å². The van der Waals surface area contributed by atoms with Crippen LogP contribution in [-0.4, -0.2) is 32.5 Å². The Hall–Kier alpha value is -1.35. The Bertz CT molecular complexity index is 326. The second kappa shape index (κ2) is 3.18. The minimum Gasteiger partial charge on any atom is -0.507 e. The molecule has 3 nitrogen and oxygen atoms in total. The lowest BCUT2D eigenvalue weighted by atomic mass is 10.2. The molecule has 0 spiro atoms. The van der Waals surface area contributed by atoms with E-state index < -0.39 is 0 Å². The molecule has 0 fully saturated rings. The van der Waals surface area contributed by atoms with Gasteiger partial charge in [0, 0.05) is 12.1 Å². The van der Waals surface area contributed by atoms with Crippen LogP contribution in [0.25, 0.3) is 0 Å². The maximum Gasteiger partial charge on any atom is 0.153 e. The summed E-state index contributed by atoms with van der Waals surface area (Å²) in [4.78, 5) is 10.4. The van der Waals surface area contributed by atoms with Gasteiger partial charge in [0.25, 0.3) is 0 Å². The standard InChI is InChI=1S/C10H13NO2/c1-11(2,3)9-5-4-8(7-12)10(13)6-9/h4-7H,1-3H3/p+1. The molecule has 0 aromatic heterocycles. The molecule has 13 heavy (non-hydrogen) atoms. The van der Waals surface area contributed by atoms with Crippen molar-refractivity contribution in [2.45, 2.75) is 0 Å². The Morgan fingerprint density at radius 2 is 1.92 bits per heavy atom. The third kappa shape index (κ3) is 2.06. The third-order valence-corrected chi connectivity index (χ3v) is 1.92. The predicted octanol–water partition coefficient (Wildman–Crippen LogP) is 1.40. The lowest BCUT2D eigenvalue weighted by Gasteiger charge is -2.23. The molecule has 1 aromatic carbocycles. The SMILES string of the molecule is C[N+](C)(C)c1ccc(C=O)c(O)c1. The van der Waals surface area contributed by atoms with E-state index in [0.29, 0.717) is 16.3 Å². The quantitative estimate of drug-likeness (QED) is 0.551. The van der Waals surface area contributed by atoms with Crippen molar-refractivity contribution in [1.29, 1.82) is 0 Å². The van der Waals surface area contributed by atoms with E-state index in [4.69, 9.17) is 0 Å². The molecule has 70 valence electrons. The second-order valence-corrected chi connectivity index (χ2v) is 3.87. The highest BCUT2D eigenvalue weighted by Crippen LogP contribution is 2.24. The van der Waals surface area contributed by atoms with Crippen molar-refractivity contribution in [3.8, 4) is 5.75 Å². The fourth-order valence-corrected chi connectivity index (χ4v) is 1.05. The van der Waals surface area contributed by atoms with Gasteiger partial charge in [-0.3, -0.25) is 9.28 Å². The zero-order chi connectivity index (χ0) is 10.1. The number of carbonyl (C=O) groups is 1. The van der Waals surface area contributed by atoms with Crippen molar-refractivity contribution in [3.05, 3.63) is 23.8 Å². The van der Waals surface area contributed by atoms with Crippen molar-refractivity contribution < 1.29 is 9.90 Å². The summed E-state index contributed by atoms with van der Waals surface area (Å²) in [5.41, 5.74) is 1.29. The topological polar surface area (TPSA) is 37.3 Å². The highest BCUT2D eigenvalue weighted by Gasteiger charge is 2.13. The number of aldehydes is 1. The van der Waals surface area contributed by atoms with E-state index in [0.717, 1.165) is 5.69 Å². The van der Waals surface area contributed by atoms with Crippen molar-refractivity contribution in [3.63, 3.8) is 0 Å². The predicted molar refractivity (Wildman–Crippen MR) is 53.1 cm³/mol. The number of hydrogen-bond donors (Lipinski definition) is 1. The summed E-state index contributed by atoms with van der Waals surface area (Å²) in [6.45, 7) is 0. The van der Waals surface area contributed by atoms with Crippen LogP contribution < -0.4 is 4.48 Å². The van der Waals surface area contributed by atoms with Gasteiger partial charge in [0.2, 0.25) is 0 Å². The molecule has 0 atom stereocenters. The molecule has 0 saturated heterocycles. The maximum absolute atomic E-state index is 10.4. The van der Waals surface area contributed by atoms with Gasteiger partial charge < -0.3 is 5.11 Å². The number of phenols is 1. The van der Waals surface area contributed by atoms with Gasteiger partial charge in [-0.15, -0.1) is 0 Å². The van der Waals surface area contributed by atoms with Crippen LogP contribution in [0.4, 0.5) is 5.69 Å². The van der Waals surface area contributed by atoms with Crippen molar-refractivity contribution in [2.24, 2.45) is 0 Å². The van der Waals surface area contributed by atoms with E-state index in [-0.39, 0.29) is 5.75 Å². The molecule has 0 aliphatic carbocycles. The molecule has 0 aliphatic rings. The molecule has 0 amide bonds. The van der Waals surface area contributed by atoms with Gasteiger partial charge in [-0.25, -0.2) is 0 Å². The molecule has 0 bridgehead atoms. The Morgan fingerprint density at radius 1 is 1.31 bits per heavy atom. The van der Waals surface area contributed by atoms with Crippen LogP contribution in [0.3, 0.4) is 0 Å². The van der Waals surface area contributed by atoms with E-state index in [1.165, 1.54) is 0 Å². The molecule has 0 radical (unpaired) electrons. The Morgan fingerprint density at radius 3 is 2.31 bits per heavy atom. The molecular weight excluding hydrogens is 166 g/mol. The number of hydrogen-bond acceptors (Lipinski definition) is 2. The summed E-state index contributed by atoms with van der Waals surface area (Å²) < 4.78 is 0.618. The third-order valence-electron chi connectivity index (χ3n) is 1.92. The Labute approximate surface area is 77.8 Å². The van der Waals surface area contributed by atoms with Gasteiger partial charge in [-0.1, -0.05) is 0 Å². The number of nitrogens with zero attached hydrogens (tertiary/aromatic N) is 1. The van der Waals surface area contributed by atoms with Crippen LogP contribution in [0.5, 0.6) is 5.75 Å². The van der Waals surface area contributed by atoms with Crippen LogP contribution in [0, 0.1) is 0 Å². The smallest absolute Gasteiger partial charge is 0.153 e. The first kappa shape index (κ1) is 9.74. The van der Waals surface area contributed by atoms with Gasteiger partial charge in [0.1, 0.15) is 11.4 Å². The largest absolute Gasteiger partial charge is 0.507 e. The lowest BCUT2D eigenvalue weighted by molar-refractivity contribution is 0.112. The molecule has 0 saturated carbocycles. The highest BCUT2D eigenvalue weighted by atomic mass is 16.3. The Balaban J connectivity index is 3.17. The van der Waals surface area contributed by atoms with Crippen LogP contribution in [0.15, 0.2) is 18.2 Å². The Kier molecular flexibility index (Phi) is 2.38. The zero-order valence-corrected chi connectivity index (χ0v) is 8.11. The van der Waals surface area contributed by atoms with E-state index in [1.54, 1.807) is 12.1 Å². The summed E-state index contributed by atoms with van der Waals surface area (Å²) in [6.07, 6.45) is 0.648. The van der Waals surface area contributed by atoms with E-state index in [9.17, 15) is 9.90 Å². The van der Waals surface area contributed by atoms with Crippen LogP contribution in [0.1, 0.15) is 10.4 Å². The lowest BCUT2D eigenvalue weighted by Crippen LogP contribution is -2.34. The molecule has 3 heteroatoms. The molecule has 0 heterocycles. The molecule has 0 unspecified atom stereocenters. The summed E-state index contributed by atoms with van der Waals surface area (Å²) in [5.74, 6) is 0.0422. The van der Waals surface area contributed by atoms with Gasteiger partial charge in [-0.2, -0.15) is 0 Å². The molecule has 1 N–H and O–H groups in total. The number of aromatic hydroxyl groups is 1. The second-order valence-electron chi connectivity index (χ2n) is 3.87. The first-order valence-corrected chi connectivity index (χ1v) is 4.05. The van der Waals surface area contributed by atoms with Gasteiger partial charge >= 0.3 is 0 Å². The van der Waals surface area contributed by atoms with Gasteiger partial charge in [-0.05, 0) is 6.07 Å². The maximum atomic E-state index is 10.4. The number of quaternary nitrogens is 1. The summed E-state index contributed by atoms with van der Waals surface area (Å²) in [6, 6.07) is 5.08. The fraction of sp³-hybridized carbons (Fsp3) is 0.300. The average Bonchev–Trinajstić information content (AvgIpc) is 2.02. The van der Waals surface area contributed by atoms with Gasteiger partial charge in [0.15, 0.2) is 6.29 Å². The monoisotopic (exact) mass is 180 g/mol. The molecule has 1 rings (SSSR count). The number of carbonyl (C=O) groups excluding carboxylic acids is 1. The zero-order valence-electron chi connectivity index (χ0n) is 8.11. The van der Waals surface area contributed by atoms with E-state index in [2.05, 4.69) is 0 Å². The van der Waals surface area contributed by atoms with Crippen molar-refractivity contribution in [1.82, 2.24) is 4.48 Å². The number of benzene rings is 1. The summed E-state index contributed by atoms with van der Waals surface area (Å²) >= 11 is 0. The number of rotatable bonds is 2. The molecular formula is C10H14NO2+.